The predicted molar refractivity (Wildman–Crippen MR) is 98.3 cm³/mol. The number of carbonyl (C=O) groups is 1. The molecule has 0 aliphatic rings. The van der Waals surface area contributed by atoms with Crippen LogP contribution in [0, 0.1) is 6.92 Å². The zero-order valence-electron chi connectivity index (χ0n) is 14.2. The van der Waals surface area contributed by atoms with Gasteiger partial charge < -0.3 is 5.32 Å². The van der Waals surface area contributed by atoms with Crippen LogP contribution in [0.2, 0.25) is 10.0 Å². The van der Waals surface area contributed by atoms with Crippen molar-refractivity contribution in [3.63, 3.8) is 0 Å². The standard InChI is InChI=1S/C17H15Cl2F2N5O/c1-10-15(19)16(17(20)21)24-26(10)9-14(27)23-13-6-22-25(8-13)7-11-3-2-4-12(18)5-11/h2-6,8,17H,7,9H2,1H3,(H,23,27). The van der Waals surface area contributed by atoms with Crippen molar-refractivity contribution in [2.45, 2.75) is 26.4 Å². The fourth-order valence-corrected chi connectivity index (χ4v) is 2.95. The Hall–Kier alpha value is -2.45. The number of alkyl halides is 2. The van der Waals surface area contributed by atoms with Crippen LogP contribution in [0.3, 0.4) is 0 Å². The van der Waals surface area contributed by atoms with Gasteiger partial charge in [-0.3, -0.25) is 14.2 Å². The molecule has 0 aliphatic carbocycles. The van der Waals surface area contributed by atoms with Crippen LogP contribution in [-0.2, 0) is 17.9 Å². The van der Waals surface area contributed by atoms with Gasteiger partial charge >= 0.3 is 0 Å². The fraction of sp³-hybridized carbons (Fsp3) is 0.235. The summed E-state index contributed by atoms with van der Waals surface area (Å²) in [7, 11) is 0. The Bertz CT molecular complexity index is 970. The lowest BCUT2D eigenvalue weighted by molar-refractivity contribution is -0.117. The molecule has 2 heterocycles. The molecule has 0 radical (unpaired) electrons. The van der Waals surface area contributed by atoms with E-state index in [0.29, 0.717) is 22.9 Å². The summed E-state index contributed by atoms with van der Waals surface area (Å²) in [6, 6.07) is 7.36. The maximum Gasteiger partial charge on any atom is 0.283 e. The summed E-state index contributed by atoms with van der Waals surface area (Å²) in [5, 5.41) is 11.0. The summed E-state index contributed by atoms with van der Waals surface area (Å²) in [5.74, 6) is -0.430. The molecule has 1 aromatic carbocycles. The average molecular weight is 414 g/mol. The van der Waals surface area contributed by atoms with Crippen molar-refractivity contribution in [1.29, 1.82) is 0 Å². The third-order valence-electron chi connectivity index (χ3n) is 3.81. The Morgan fingerprint density at radius 2 is 2.11 bits per heavy atom. The molecular weight excluding hydrogens is 399 g/mol. The minimum absolute atomic E-state index is 0.132. The molecule has 1 N–H and O–H groups in total. The summed E-state index contributed by atoms with van der Waals surface area (Å²) in [4.78, 5) is 12.2. The minimum Gasteiger partial charge on any atom is -0.322 e. The van der Waals surface area contributed by atoms with Gasteiger partial charge in [0.05, 0.1) is 29.1 Å². The zero-order valence-corrected chi connectivity index (χ0v) is 15.7. The van der Waals surface area contributed by atoms with Crippen molar-refractivity contribution in [2.24, 2.45) is 0 Å². The topological polar surface area (TPSA) is 64.7 Å². The summed E-state index contributed by atoms with van der Waals surface area (Å²) in [6.07, 6.45) is 0.354. The average Bonchev–Trinajstić information content (AvgIpc) is 3.14. The lowest BCUT2D eigenvalue weighted by atomic mass is 10.2. The highest BCUT2D eigenvalue weighted by Crippen LogP contribution is 2.28. The molecule has 0 unspecified atom stereocenters. The van der Waals surface area contributed by atoms with Crippen LogP contribution in [0.1, 0.15) is 23.4 Å². The number of anilines is 1. The summed E-state index contributed by atoms with van der Waals surface area (Å²) in [6.45, 7) is 1.78. The van der Waals surface area contributed by atoms with Gasteiger partial charge in [-0.1, -0.05) is 35.3 Å². The van der Waals surface area contributed by atoms with Crippen molar-refractivity contribution < 1.29 is 13.6 Å². The normalized spacial score (nSPS) is 11.2. The first-order valence-corrected chi connectivity index (χ1v) is 8.67. The Morgan fingerprint density at radius 3 is 2.78 bits per heavy atom. The van der Waals surface area contributed by atoms with Gasteiger partial charge in [0.15, 0.2) is 0 Å². The SMILES string of the molecule is Cc1c(Cl)c(C(F)F)nn1CC(=O)Nc1cnn(Cc2cccc(Cl)c2)c1. The summed E-state index contributed by atoms with van der Waals surface area (Å²) >= 11 is 11.8. The Kier molecular flexibility index (Phi) is 5.76. The number of nitrogens with zero attached hydrogens (tertiary/aromatic N) is 4. The van der Waals surface area contributed by atoms with Crippen molar-refractivity contribution >= 4 is 34.8 Å². The highest BCUT2D eigenvalue weighted by Gasteiger charge is 2.21. The highest BCUT2D eigenvalue weighted by atomic mass is 35.5. The minimum atomic E-state index is -2.80. The largest absolute Gasteiger partial charge is 0.322 e. The monoisotopic (exact) mass is 413 g/mol. The molecule has 10 heteroatoms. The molecule has 0 bridgehead atoms. The van der Waals surface area contributed by atoms with E-state index in [2.05, 4.69) is 15.5 Å². The van der Waals surface area contributed by atoms with E-state index in [0.717, 1.165) is 10.2 Å². The van der Waals surface area contributed by atoms with E-state index < -0.39 is 18.0 Å². The molecule has 6 nitrogen and oxygen atoms in total. The van der Waals surface area contributed by atoms with Gasteiger partial charge in [0, 0.05) is 11.2 Å². The second kappa shape index (κ2) is 8.06. The van der Waals surface area contributed by atoms with Gasteiger partial charge in [0.25, 0.3) is 6.43 Å². The van der Waals surface area contributed by atoms with E-state index in [1.807, 2.05) is 18.2 Å². The Morgan fingerprint density at radius 1 is 1.33 bits per heavy atom. The molecule has 2 aromatic heterocycles. The first kappa shape index (κ1) is 19.3. The van der Waals surface area contributed by atoms with Crippen molar-refractivity contribution in [2.75, 3.05) is 5.32 Å². The number of hydrogen-bond acceptors (Lipinski definition) is 3. The smallest absolute Gasteiger partial charge is 0.283 e. The van der Waals surface area contributed by atoms with Crippen LogP contribution >= 0.6 is 23.2 Å². The van der Waals surface area contributed by atoms with E-state index in [1.165, 1.54) is 13.1 Å². The molecule has 1 amide bonds. The maximum absolute atomic E-state index is 12.8. The number of halogens is 4. The van der Waals surface area contributed by atoms with Crippen LogP contribution in [0.4, 0.5) is 14.5 Å². The second-order valence-electron chi connectivity index (χ2n) is 5.85. The fourth-order valence-electron chi connectivity index (χ4n) is 2.51. The molecule has 0 aliphatic heterocycles. The van der Waals surface area contributed by atoms with E-state index >= 15 is 0 Å². The number of aromatic nitrogens is 4. The molecule has 0 fully saturated rings. The molecule has 0 atom stereocenters. The molecule has 0 saturated heterocycles. The number of nitrogens with one attached hydrogen (secondary N) is 1. The highest BCUT2D eigenvalue weighted by molar-refractivity contribution is 6.32. The van der Waals surface area contributed by atoms with Crippen LogP contribution in [0.25, 0.3) is 0 Å². The number of hydrogen-bond donors (Lipinski definition) is 1. The lowest BCUT2D eigenvalue weighted by Crippen LogP contribution is -2.20. The molecule has 142 valence electrons. The molecule has 0 spiro atoms. The van der Waals surface area contributed by atoms with Crippen LogP contribution in [-0.4, -0.2) is 25.5 Å². The first-order valence-electron chi connectivity index (χ1n) is 7.91. The molecule has 3 aromatic rings. The zero-order chi connectivity index (χ0) is 19.6. The van der Waals surface area contributed by atoms with Gasteiger partial charge in [-0.15, -0.1) is 0 Å². The van der Waals surface area contributed by atoms with Crippen LogP contribution in [0.15, 0.2) is 36.7 Å². The third kappa shape index (κ3) is 4.64. The predicted octanol–water partition coefficient (Wildman–Crippen LogP) is 4.32. The Labute approximate surface area is 163 Å². The molecule has 27 heavy (non-hydrogen) atoms. The van der Waals surface area contributed by atoms with Crippen LogP contribution in [0.5, 0.6) is 0 Å². The Balaban J connectivity index is 1.64. The number of rotatable bonds is 6. The van der Waals surface area contributed by atoms with E-state index in [9.17, 15) is 13.6 Å². The van der Waals surface area contributed by atoms with E-state index in [1.54, 1.807) is 16.9 Å². The molecule has 3 rings (SSSR count). The first-order chi connectivity index (χ1) is 12.8. The van der Waals surface area contributed by atoms with Crippen molar-refractivity contribution in [1.82, 2.24) is 19.6 Å². The van der Waals surface area contributed by atoms with Crippen molar-refractivity contribution in [3.8, 4) is 0 Å². The second-order valence-corrected chi connectivity index (χ2v) is 6.66. The lowest BCUT2D eigenvalue weighted by Gasteiger charge is -2.05. The van der Waals surface area contributed by atoms with Gasteiger partial charge in [-0.25, -0.2) is 8.78 Å². The molecular formula is C17H15Cl2F2N5O. The van der Waals surface area contributed by atoms with E-state index in [4.69, 9.17) is 23.2 Å². The molecule has 0 saturated carbocycles. The number of carbonyl (C=O) groups excluding carboxylic acids is 1. The van der Waals surface area contributed by atoms with Gasteiger partial charge in [-0.2, -0.15) is 10.2 Å². The number of benzene rings is 1. The van der Waals surface area contributed by atoms with Gasteiger partial charge in [0.1, 0.15) is 12.2 Å². The number of amides is 1. The van der Waals surface area contributed by atoms with Gasteiger partial charge in [-0.05, 0) is 24.6 Å². The van der Waals surface area contributed by atoms with Crippen molar-refractivity contribution in [3.05, 3.63) is 63.7 Å². The van der Waals surface area contributed by atoms with Gasteiger partial charge in [0.2, 0.25) is 5.91 Å². The van der Waals surface area contributed by atoms with E-state index in [-0.39, 0.29) is 11.6 Å². The summed E-state index contributed by atoms with van der Waals surface area (Å²) < 4.78 is 28.5. The quantitative estimate of drug-likeness (QED) is 0.654. The van der Waals surface area contributed by atoms with Crippen LogP contribution < -0.4 is 5.32 Å². The third-order valence-corrected chi connectivity index (χ3v) is 4.51. The summed E-state index contributed by atoms with van der Waals surface area (Å²) in [5.41, 5.74) is 1.21. The maximum atomic E-state index is 12.8.